The van der Waals surface area contributed by atoms with Gasteiger partial charge in [-0.3, -0.25) is 9.59 Å². The van der Waals surface area contributed by atoms with E-state index in [0.29, 0.717) is 37.2 Å². The van der Waals surface area contributed by atoms with E-state index in [1.807, 2.05) is 42.5 Å². The number of para-hydroxylation sites is 1. The van der Waals surface area contributed by atoms with Crippen LogP contribution in [-0.4, -0.2) is 31.2 Å². The van der Waals surface area contributed by atoms with Crippen molar-refractivity contribution in [2.75, 3.05) is 18.5 Å². The second kappa shape index (κ2) is 13.4. The molecule has 8 nitrogen and oxygen atoms in total. The van der Waals surface area contributed by atoms with E-state index >= 15 is 0 Å². The van der Waals surface area contributed by atoms with Gasteiger partial charge in [0.05, 0.1) is 13.2 Å². The first-order valence-corrected chi connectivity index (χ1v) is 11.3. The fourth-order valence-corrected chi connectivity index (χ4v) is 3.06. The highest BCUT2D eigenvalue weighted by atomic mass is 16.7. The van der Waals surface area contributed by atoms with E-state index in [2.05, 4.69) is 10.6 Å². The third kappa shape index (κ3) is 8.85. The summed E-state index contributed by atoms with van der Waals surface area (Å²) in [6, 6.07) is 22.9. The maximum atomic E-state index is 12.5. The van der Waals surface area contributed by atoms with E-state index in [-0.39, 0.29) is 24.2 Å². The summed E-state index contributed by atoms with van der Waals surface area (Å²) >= 11 is 0. The molecule has 0 aliphatic heterocycles. The summed E-state index contributed by atoms with van der Waals surface area (Å²) in [5.41, 5.74) is 1.95. The van der Waals surface area contributed by atoms with Crippen LogP contribution >= 0.6 is 0 Å². The van der Waals surface area contributed by atoms with Crippen LogP contribution in [0.5, 0.6) is 11.5 Å². The standard InChI is InChI=1S/C27H28N2O6/c1-2-33-27(32)35-24-16-12-21(13-17-24)26(31)29-22-14-10-20(11-15-22)19-28-25(30)9-6-18-34-23-7-4-3-5-8-23/h3-5,7-8,10-17H,2,6,9,18-19H2,1H3,(H,28,30)(H,29,31). The van der Waals surface area contributed by atoms with Crippen molar-refractivity contribution < 1.29 is 28.6 Å². The summed E-state index contributed by atoms with van der Waals surface area (Å²) in [5.74, 6) is 0.733. The van der Waals surface area contributed by atoms with E-state index in [0.717, 1.165) is 11.3 Å². The number of benzene rings is 3. The van der Waals surface area contributed by atoms with Gasteiger partial charge in [-0.2, -0.15) is 0 Å². The lowest BCUT2D eigenvalue weighted by atomic mass is 10.1. The molecule has 3 aromatic carbocycles. The van der Waals surface area contributed by atoms with Crippen molar-refractivity contribution in [2.24, 2.45) is 0 Å². The summed E-state index contributed by atoms with van der Waals surface area (Å²) in [5, 5.41) is 5.69. The zero-order valence-corrected chi connectivity index (χ0v) is 19.5. The quantitative estimate of drug-likeness (QED) is 0.231. The molecule has 0 fully saturated rings. The summed E-state index contributed by atoms with van der Waals surface area (Å²) in [4.78, 5) is 35.8. The molecule has 0 spiro atoms. The highest BCUT2D eigenvalue weighted by Crippen LogP contribution is 2.16. The van der Waals surface area contributed by atoms with Gasteiger partial charge in [0.25, 0.3) is 5.91 Å². The van der Waals surface area contributed by atoms with Crippen molar-refractivity contribution in [3.05, 3.63) is 90.0 Å². The van der Waals surface area contributed by atoms with E-state index in [4.69, 9.17) is 14.2 Å². The summed E-state index contributed by atoms with van der Waals surface area (Å²) in [6.45, 7) is 2.78. The van der Waals surface area contributed by atoms with Gasteiger partial charge >= 0.3 is 6.16 Å². The Balaban J connectivity index is 1.38. The number of carbonyl (C=O) groups is 3. The maximum Gasteiger partial charge on any atom is 0.513 e. The van der Waals surface area contributed by atoms with Crippen molar-refractivity contribution in [2.45, 2.75) is 26.3 Å². The predicted octanol–water partition coefficient (Wildman–Crippen LogP) is 4.95. The molecule has 2 N–H and O–H groups in total. The molecule has 182 valence electrons. The SMILES string of the molecule is CCOC(=O)Oc1ccc(C(=O)Nc2ccc(CNC(=O)CCCOc3ccccc3)cc2)cc1. The Labute approximate surface area is 204 Å². The molecule has 0 heterocycles. The van der Waals surface area contributed by atoms with Gasteiger partial charge < -0.3 is 24.8 Å². The van der Waals surface area contributed by atoms with Crippen LogP contribution in [-0.2, 0) is 16.1 Å². The molecule has 35 heavy (non-hydrogen) atoms. The zero-order valence-electron chi connectivity index (χ0n) is 19.5. The van der Waals surface area contributed by atoms with Crippen LogP contribution in [0, 0.1) is 0 Å². The molecular weight excluding hydrogens is 448 g/mol. The van der Waals surface area contributed by atoms with Crippen LogP contribution in [0.3, 0.4) is 0 Å². The second-order valence-electron chi connectivity index (χ2n) is 7.50. The molecule has 3 aromatic rings. The molecule has 3 rings (SSSR count). The van der Waals surface area contributed by atoms with Crippen molar-refractivity contribution in [3.63, 3.8) is 0 Å². The number of amides is 2. The van der Waals surface area contributed by atoms with Gasteiger partial charge in [0.1, 0.15) is 11.5 Å². The van der Waals surface area contributed by atoms with Crippen LogP contribution in [0.15, 0.2) is 78.9 Å². The van der Waals surface area contributed by atoms with Crippen LogP contribution in [0.1, 0.15) is 35.7 Å². The number of anilines is 1. The molecule has 0 aromatic heterocycles. The topological polar surface area (TPSA) is 103 Å². The van der Waals surface area contributed by atoms with Crippen LogP contribution < -0.4 is 20.1 Å². The molecule has 0 unspecified atom stereocenters. The maximum absolute atomic E-state index is 12.5. The summed E-state index contributed by atoms with van der Waals surface area (Å²) in [7, 11) is 0. The van der Waals surface area contributed by atoms with Gasteiger partial charge in [-0.25, -0.2) is 4.79 Å². The highest BCUT2D eigenvalue weighted by Gasteiger charge is 2.09. The van der Waals surface area contributed by atoms with Crippen molar-refractivity contribution in [1.29, 1.82) is 0 Å². The Morgan fingerprint density at radius 2 is 1.54 bits per heavy atom. The third-order valence-electron chi connectivity index (χ3n) is 4.84. The minimum Gasteiger partial charge on any atom is -0.494 e. The predicted molar refractivity (Wildman–Crippen MR) is 132 cm³/mol. The summed E-state index contributed by atoms with van der Waals surface area (Å²) < 4.78 is 15.3. The van der Waals surface area contributed by atoms with Gasteiger partial charge in [0.2, 0.25) is 5.91 Å². The van der Waals surface area contributed by atoms with Crippen LogP contribution in [0.25, 0.3) is 0 Å². The fraction of sp³-hybridized carbons (Fsp3) is 0.222. The minimum atomic E-state index is -0.793. The van der Waals surface area contributed by atoms with Gasteiger partial charge in [-0.15, -0.1) is 0 Å². The molecule has 0 saturated carbocycles. The van der Waals surface area contributed by atoms with E-state index in [9.17, 15) is 14.4 Å². The average molecular weight is 477 g/mol. The Morgan fingerprint density at radius 1 is 0.829 bits per heavy atom. The lowest BCUT2D eigenvalue weighted by Crippen LogP contribution is -2.23. The molecule has 0 atom stereocenters. The number of ether oxygens (including phenoxy) is 3. The Morgan fingerprint density at radius 3 is 2.23 bits per heavy atom. The lowest BCUT2D eigenvalue weighted by Gasteiger charge is -2.09. The molecular formula is C27H28N2O6. The third-order valence-corrected chi connectivity index (χ3v) is 4.84. The first kappa shape index (κ1) is 25.3. The first-order valence-electron chi connectivity index (χ1n) is 11.3. The van der Waals surface area contributed by atoms with E-state index in [1.165, 1.54) is 12.1 Å². The zero-order chi connectivity index (χ0) is 24.9. The van der Waals surface area contributed by atoms with Gasteiger partial charge in [-0.05, 0) is 67.4 Å². The smallest absolute Gasteiger partial charge is 0.494 e. The van der Waals surface area contributed by atoms with Gasteiger partial charge in [-0.1, -0.05) is 30.3 Å². The minimum absolute atomic E-state index is 0.0468. The van der Waals surface area contributed by atoms with Crippen LogP contribution in [0.4, 0.5) is 10.5 Å². The normalized spacial score (nSPS) is 10.2. The molecule has 0 aliphatic carbocycles. The number of hydrogen-bond donors (Lipinski definition) is 2. The Bertz CT molecular complexity index is 1100. The molecule has 0 aliphatic rings. The largest absolute Gasteiger partial charge is 0.513 e. The highest BCUT2D eigenvalue weighted by molar-refractivity contribution is 6.04. The molecule has 2 amide bonds. The van der Waals surface area contributed by atoms with Gasteiger partial charge in [0, 0.05) is 24.2 Å². The van der Waals surface area contributed by atoms with Gasteiger partial charge in [0.15, 0.2) is 0 Å². The van der Waals surface area contributed by atoms with E-state index < -0.39 is 6.16 Å². The molecule has 0 bridgehead atoms. The monoisotopic (exact) mass is 476 g/mol. The van der Waals surface area contributed by atoms with Crippen LogP contribution in [0.2, 0.25) is 0 Å². The molecule has 0 radical (unpaired) electrons. The second-order valence-corrected chi connectivity index (χ2v) is 7.50. The summed E-state index contributed by atoms with van der Waals surface area (Å²) in [6.07, 6.45) is 0.213. The molecule has 0 saturated heterocycles. The van der Waals surface area contributed by atoms with Crippen molar-refractivity contribution in [1.82, 2.24) is 5.32 Å². The van der Waals surface area contributed by atoms with Crippen molar-refractivity contribution in [3.8, 4) is 11.5 Å². The molecule has 8 heteroatoms. The number of hydrogen-bond acceptors (Lipinski definition) is 6. The average Bonchev–Trinajstić information content (AvgIpc) is 2.87. The number of carbonyl (C=O) groups excluding carboxylic acids is 3. The first-order chi connectivity index (χ1) is 17.0. The number of nitrogens with one attached hydrogen (secondary N) is 2. The Hall–Kier alpha value is -4.33. The van der Waals surface area contributed by atoms with Crippen molar-refractivity contribution >= 4 is 23.7 Å². The fourth-order valence-electron chi connectivity index (χ4n) is 3.06. The van der Waals surface area contributed by atoms with E-state index in [1.54, 1.807) is 31.2 Å². The Kier molecular flexibility index (Phi) is 9.68. The number of rotatable bonds is 11. The lowest BCUT2D eigenvalue weighted by molar-refractivity contribution is -0.121.